The van der Waals surface area contributed by atoms with Crippen molar-refractivity contribution in [1.29, 1.82) is 0 Å². The highest BCUT2D eigenvalue weighted by Gasteiger charge is 2.39. The molecule has 7 heteroatoms. The van der Waals surface area contributed by atoms with Crippen molar-refractivity contribution >= 4 is 11.7 Å². The average molecular weight is 388 g/mol. The first-order valence-corrected chi connectivity index (χ1v) is 9.49. The molecular weight excluding hydrogens is 368 g/mol. The van der Waals surface area contributed by atoms with Crippen LogP contribution in [-0.4, -0.2) is 32.8 Å². The molecule has 7 nitrogen and oxygen atoms in total. The third-order valence-electron chi connectivity index (χ3n) is 5.63. The van der Waals surface area contributed by atoms with Crippen LogP contribution in [0, 0.1) is 0 Å². The fourth-order valence-electron chi connectivity index (χ4n) is 4.27. The van der Waals surface area contributed by atoms with Crippen molar-refractivity contribution in [2.24, 2.45) is 0 Å². The Hall–Kier alpha value is -3.61. The van der Waals surface area contributed by atoms with Gasteiger partial charge in [0.05, 0.1) is 7.11 Å². The van der Waals surface area contributed by atoms with Crippen LogP contribution in [0.1, 0.15) is 35.9 Å². The summed E-state index contributed by atoms with van der Waals surface area (Å²) in [6.45, 7) is 0. The van der Waals surface area contributed by atoms with E-state index in [2.05, 4.69) is 15.4 Å². The van der Waals surface area contributed by atoms with Crippen LogP contribution in [0.15, 0.2) is 66.1 Å². The van der Waals surface area contributed by atoms with E-state index in [9.17, 15) is 9.90 Å². The molecule has 2 aromatic carbocycles. The summed E-state index contributed by atoms with van der Waals surface area (Å²) in [7, 11) is 1.64. The van der Waals surface area contributed by atoms with Gasteiger partial charge in [0.2, 0.25) is 5.95 Å². The Morgan fingerprint density at radius 1 is 1.14 bits per heavy atom. The maximum atomic E-state index is 13.3. The highest BCUT2D eigenvalue weighted by molar-refractivity contribution is 6.00. The molecule has 1 aliphatic carbocycles. The van der Waals surface area contributed by atoms with E-state index in [1.807, 2.05) is 30.3 Å². The van der Waals surface area contributed by atoms with E-state index in [1.54, 1.807) is 30.0 Å². The lowest BCUT2D eigenvalue weighted by Gasteiger charge is -2.35. The number of fused-ring (bicyclic) bond motifs is 1. The van der Waals surface area contributed by atoms with Gasteiger partial charge in [0.25, 0.3) is 0 Å². The second kappa shape index (κ2) is 6.77. The van der Waals surface area contributed by atoms with E-state index in [0.29, 0.717) is 24.4 Å². The highest BCUT2D eigenvalue weighted by atomic mass is 16.5. The van der Waals surface area contributed by atoms with Crippen molar-refractivity contribution in [3.63, 3.8) is 0 Å². The number of phenolic OH excluding ortho intramolecular Hbond substituents is 1. The monoisotopic (exact) mass is 388 g/mol. The van der Waals surface area contributed by atoms with Crippen molar-refractivity contribution in [3.05, 3.63) is 77.3 Å². The third kappa shape index (κ3) is 2.95. The first kappa shape index (κ1) is 17.5. The minimum Gasteiger partial charge on any atom is -0.508 e. The molecular formula is C22H20N4O3. The molecule has 0 bridgehead atoms. The Labute approximate surface area is 167 Å². The lowest BCUT2D eigenvalue weighted by molar-refractivity contribution is -0.116. The molecule has 2 N–H and O–H groups in total. The first-order chi connectivity index (χ1) is 14.1. The molecule has 0 saturated heterocycles. The number of phenols is 1. The van der Waals surface area contributed by atoms with Gasteiger partial charge in [-0.2, -0.15) is 10.1 Å². The fourth-order valence-corrected chi connectivity index (χ4v) is 4.27. The Morgan fingerprint density at radius 3 is 2.72 bits per heavy atom. The molecule has 2 heterocycles. The Kier molecular flexibility index (Phi) is 4.08. The van der Waals surface area contributed by atoms with E-state index in [1.165, 1.54) is 6.33 Å². The number of methoxy groups -OCH3 is 1. The lowest BCUT2D eigenvalue weighted by Crippen LogP contribution is -2.33. The molecule has 146 valence electrons. The van der Waals surface area contributed by atoms with Gasteiger partial charge in [-0.1, -0.05) is 24.3 Å². The number of carbonyl (C=O) groups excluding carboxylic acids is 1. The van der Waals surface area contributed by atoms with E-state index in [4.69, 9.17) is 4.74 Å². The van der Waals surface area contributed by atoms with E-state index in [-0.39, 0.29) is 17.5 Å². The summed E-state index contributed by atoms with van der Waals surface area (Å²) < 4.78 is 6.95. The van der Waals surface area contributed by atoms with Crippen LogP contribution in [-0.2, 0) is 4.79 Å². The number of ether oxygens (including phenoxy) is 1. The maximum absolute atomic E-state index is 13.3. The predicted molar refractivity (Wildman–Crippen MR) is 107 cm³/mol. The zero-order valence-corrected chi connectivity index (χ0v) is 15.9. The zero-order chi connectivity index (χ0) is 20.0. The normalized spacial score (nSPS) is 20.7. The topological polar surface area (TPSA) is 89.3 Å². The number of hydrogen-bond donors (Lipinski definition) is 2. The number of aromatic nitrogens is 3. The molecule has 0 fully saturated rings. The van der Waals surface area contributed by atoms with Crippen LogP contribution in [0.4, 0.5) is 5.95 Å². The molecule has 0 radical (unpaired) electrons. The van der Waals surface area contributed by atoms with Gasteiger partial charge in [-0.05, 0) is 47.7 Å². The number of carbonyl (C=O) groups is 1. The van der Waals surface area contributed by atoms with Gasteiger partial charge >= 0.3 is 0 Å². The fraction of sp³-hybridized carbons (Fsp3) is 0.227. The Morgan fingerprint density at radius 2 is 1.97 bits per heavy atom. The summed E-state index contributed by atoms with van der Waals surface area (Å²) in [6, 6.07) is 14.4. The zero-order valence-electron chi connectivity index (χ0n) is 15.9. The van der Waals surface area contributed by atoms with Crippen molar-refractivity contribution in [3.8, 4) is 11.5 Å². The van der Waals surface area contributed by atoms with Crippen LogP contribution in [0.25, 0.3) is 0 Å². The summed E-state index contributed by atoms with van der Waals surface area (Å²) in [5.41, 5.74) is 3.48. The molecule has 5 rings (SSSR count). The first-order valence-electron chi connectivity index (χ1n) is 9.49. The number of anilines is 1. The predicted octanol–water partition coefficient (Wildman–Crippen LogP) is 3.41. The Balaban J connectivity index is 1.56. The second-order valence-corrected chi connectivity index (χ2v) is 7.34. The summed E-state index contributed by atoms with van der Waals surface area (Å²) in [4.78, 5) is 17.6. The molecule has 0 unspecified atom stereocenters. The van der Waals surface area contributed by atoms with Crippen molar-refractivity contribution in [1.82, 2.24) is 14.8 Å². The van der Waals surface area contributed by atoms with Gasteiger partial charge in [0.1, 0.15) is 23.9 Å². The van der Waals surface area contributed by atoms with Gasteiger partial charge in [-0.25, -0.2) is 4.68 Å². The SMILES string of the molecule is COc1ccc([C@@H]2CC(=O)C3=C(C2)Nc2ncnn2[C@@H]3c2cccc(O)c2)cc1. The molecule has 2 aliphatic rings. The quantitative estimate of drug-likeness (QED) is 0.715. The number of nitrogens with zero attached hydrogens (tertiary/aromatic N) is 3. The minimum atomic E-state index is -0.403. The number of nitrogens with one attached hydrogen (secondary N) is 1. The molecule has 0 amide bonds. The number of rotatable bonds is 3. The van der Waals surface area contributed by atoms with Crippen LogP contribution in [0.3, 0.4) is 0 Å². The maximum Gasteiger partial charge on any atom is 0.226 e. The number of allylic oxidation sites excluding steroid dienone is 2. The van der Waals surface area contributed by atoms with Crippen molar-refractivity contribution < 1.29 is 14.6 Å². The minimum absolute atomic E-state index is 0.0778. The second-order valence-electron chi connectivity index (χ2n) is 7.34. The molecule has 0 saturated carbocycles. The van der Waals surface area contributed by atoms with Crippen LogP contribution in [0.2, 0.25) is 0 Å². The van der Waals surface area contributed by atoms with Crippen molar-refractivity contribution in [2.75, 3.05) is 12.4 Å². The standard InChI is InChI=1S/C22H20N4O3/c1-29-17-7-5-13(6-8-17)15-10-18-20(19(28)11-15)21(14-3-2-4-16(27)9-14)26-22(25-18)23-12-24-26/h2-9,12,15,21,27H,10-11H2,1H3,(H,23,24,25)/t15-,21+/m0/s1. The van der Waals surface area contributed by atoms with Gasteiger partial charge in [0.15, 0.2) is 5.78 Å². The molecule has 2 atom stereocenters. The third-order valence-corrected chi connectivity index (χ3v) is 5.63. The van der Waals surface area contributed by atoms with Crippen LogP contribution < -0.4 is 10.1 Å². The molecule has 29 heavy (non-hydrogen) atoms. The molecule has 1 aromatic heterocycles. The number of hydrogen-bond acceptors (Lipinski definition) is 6. The molecule has 1 aliphatic heterocycles. The Bertz CT molecular complexity index is 1120. The van der Waals surface area contributed by atoms with E-state index in [0.717, 1.165) is 22.6 Å². The number of ketones is 1. The van der Waals surface area contributed by atoms with Gasteiger partial charge in [0, 0.05) is 17.7 Å². The van der Waals surface area contributed by atoms with Crippen molar-refractivity contribution in [2.45, 2.75) is 24.8 Å². The van der Waals surface area contributed by atoms with E-state index < -0.39 is 6.04 Å². The largest absolute Gasteiger partial charge is 0.508 e. The van der Waals surface area contributed by atoms with Crippen LogP contribution >= 0.6 is 0 Å². The summed E-state index contributed by atoms with van der Waals surface area (Å²) in [5, 5.41) is 17.6. The number of aromatic hydroxyl groups is 1. The smallest absolute Gasteiger partial charge is 0.226 e. The van der Waals surface area contributed by atoms with Gasteiger partial charge in [-0.15, -0.1) is 0 Å². The highest BCUT2D eigenvalue weighted by Crippen LogP contribution is 2.44. The summed E-state index contributed by atoms with van der Waals surface area (Å²) in [5.74, 6) is 1.71. The van der Waals surface area contributed by atoms with Gasteiger partial charge < -0.3 is 15.2 Å². The van der Waals surface area contributed by atoms with Crippen LogP contribution in [0.5, 0.6) is 11.5 Å². The molecule has 3 aromatic rings. The molecule has 0 spiro atoms. The van der Waals surface area contributed by atoms with E-state index >= 15 is 0 Å². The number of benzene rings is 2. The summed E-state index contributed by atoms with van der Waals surface area (Å²) >= 11 is 0. The average Bonchev–Trinajstić information content (AvgIpc) is 3.20. The number of Topliss-reactive ketones (excluding diaryl/α,β-unsaturated/α-hetero) is 1. The lowest BCUT2D eigenvalue weighted by atomic mass is 9.78. The van der Waals surface area contributed by atoms with Gasteiger partial charge in [-0.3, -0.25) is 4.79 Å². The summed E-state index contributed by atoms with van der Waals surface area (Å²) in [6.07, 6.45) is 2.60.